The molecule has 10 heavy (non-hydrogen) atoms. The molecule has 0 aromatic rings. The number of rotatable bonds is 2. The molecule has 0 N–H and O–H groups in total. The van der Waals surface area contributed by atoms with Crippen molar-refractivity contribution < 1.29 is 9.53 Å². The standard InChI is InChI=1S/C8H14O2/c1-6(5-9)8(4)7(2,3)10-8/h5-6H,1-4H3. The SMILES string of the molecule is CC(C=O)C1(C)OC1(C)C. The third-order valence-electron chi connectivity index (χ3n) is 2.69. The van der Waals surface area contributed by atoms with Crippen molar-refractivity contribution in [2.24, 2.45) is 5.92 Å². The van der Waals surface area contributed by atoms with Crippen molar-refractivity contribution in [1.82, 2.24) is 0 Å². The zero-order valence-electron chi connectivity index (χ0n) is 6.97. The van der Waals surface area contributed by atoms with Gasteiger partial charge in [0.25, 0.3) is 0 Å². The second-order valence-electron chi connectivity index (χ2n) is 3.64. The summed E-state index contributed by atoms with van der Waals surface area (Å²) >= 11 is 0. The third-order valence-corrected chi connectivity index (χ3v) is 2.69. The van der Waals surface area contributed by atoms with Crippen molar-refractivity contribution in [3.8, 4) is 0 Å². The second kappa shape index (κ2) is 1.82. The van der Waals surface area contributed by atoms with Crippen molar-refractivity contribution >= 4 is 6.29 Å². The first-order chi connectivity index (χ1) is 4.44. The van der Waals surface area contributed by atoms with E-state index in [-0.39, 0.29) is 17.1 Å². The van der Waals surface area contributed by atoms with Crippen LogP contribution >= 0.6 is 0 Å². The summed E-state index contributed by atoms with van der Waals surface area (Å²) in [6.45, 7) is 7.88. The van der Waals surface area contributed by atoms with Gasteiger partial charge in [-0.25, -0.2) is 0 Å². The van der Waals surface area contributed by atoms with Gasteiger partial charge < -0.3 is 9.53 Å². The van der Waals surface area contributed by atoms with Gasteiger partial charge in [-0.05, 0) is 20.8 Å². The van der Waals surface area contributed by atoms with Crippen molar-refractivity contribution in [2.75, 3.05) is 0 Å². The molecule has 1 saturated heterocycles. The molecule has 1 rings (SSSR count). The first-order valence-corrected chi connectivity index (χ1v) is 3.59. The summed E-state index contributed by atoms with van der Waals surface area (Å²) in [5.41, 5.74) is -0.317. The van der Waals surface area contributed by atoms with Crippen molar-refractivity contribution in [2.45, 2.75) is 38.9 Å². The van der Waals surface area contributed by atoms with E-state index in [0.717, 1.165) is 6.29 Å². The summed E-state index contributed by atoms with van der Waals surface area (Å²) in [6.07, 6.45) is 0.953. The van der Waals surface area contributed by atoms with Crippen LogP contribution in [0.25, 0.3) is 0 Å². The van der Waals surface area contributed by atoms with Crippen molar-refractivity contribution in [3.63, 3.8) is 0 Å². The van der Waals surface area contributed by atoms with Crippen molar-refractivity contribution in [1.29, 1.82) is 0 Å². The van der Waals surface area contributed by atoms with E-state index in [0.29, 0.717) is 0 Å². The maximum absolute atomic E-state index is 10.4. The Morgan fingerprint density at radius 1 is 1.40 bits per heavy atom. The molecule has 2 atom stereocenters. The minimum absolute atomic E-state index is 0.00231. The van der Waals surface area contributed by atoms with Crippen LogP contribution in [0.3, 0.4) is 0 Å². The smallest absolute Gasteiger partial charge is 0.125 e. The summed E-state index contributed by atoms with van der Waals surface area (Å²) < 4.78 is 5.41. The molecule has 2 nitrogen and oxygen atoms in total. The predicted molar refractivity (Wildman–Crippen MR) is 38.8 cm³/mol. The first kappa shape index (κ1) is 7.73. The molecular formula is C8H14O2. The van der Waals surface area contributed by atoms with Gasteiger partial charge in [-0.3, -0.25) is 0 Å². The molecule has 0 aliphatic carbocycles. The van der Waals surface area contributed by atoms with Gasteiger partial charge >= 0.3 is 0 Å². The number of carbonyl (C=O) groups excluding carboxylic acids is 1. The second-order valence-corrected chi connectivity index (χ2v) is 3.64. The predicted octanol–water partition coefficient (Wildman–Crippen LogP) is 1.39. The van der Waals surface area contributed by atoms with E-state index >= 15 is 0 Å². The fraction of sp³-hybridized carbons (Fsp3) is 0.875. The largest absolute Gasteiger partial charge is 0.363 e. The lowest BCUT2D eigenvalue weighted by Crippen LogP contribution is -2.26. The molecule has 0 aromatic carbocycles. The van der Waals surface area contributed by atoms with Crippen LogP contribution in [0.5, 0.6) is 0 Å². The Labute approximate surface area is 61.6 Å². The number of epoxide rings is 1. The molecule has 1 fully saturated rings. The number of hydrogen-bond acceptors (Lipinski definition) is 2. The molecule has 1 heterocycles. The molecule has 1 aliphatic rings. The van der Waals surface area contributed by atoms with E-state index in [1.807, 2.05) is 27.7 Å². The third kappa shape index (κ3) is 0.788. The van der Waals surface area contributed by atoms with Gasteiger partial charge in [0.15, 0.2) is 0 Å². The molecule has 0 saturated carbocycles. The highest BCUT2D eigenvalue weighted by atomic mass is 16.6. The van der Waals surface area contributed by atoms with Gasteiger partial charge in [0, 0.05) is 5.92 Å². The van der Waals surface area contributed by atoms with E-state index < -0.39 is 0 Å². The highest BCUT2D eigenvalue weighted by Gasteiger charge is 2.62. The van der Waals surface area contributed by atoms with E-state index in [9.17, 15) is 4.79 Å². The van der Waals surface area contributed by atoms with Crippen LogP contribution < -0.4 is 0 Å². The minimum Gasteiger partial charge on any atom is -0.363 e. The fourth-order valence-corrected chi connectivity index (χ4v) is 1.28. The Morgan fingerprint density at radius 3 is 1.90 bits per heavy atom. The van der Waals surface area contributed by atoms with Crippen molar-refractivity contribution in [3.05, 3.63) is 0 Å². The lowest BCUT2D eigenvalue weighted by Gasteiger charge is -2.10. The molecule has 0 bridgehead atoms. The van der Waals surface area contributed by atoms with E-state index in [1.54, 1.807) is 0 Å². The van der Waals surface area contributed by atoms with Crippen LogP contribution in [-0.2, 0) is 9.53 Å². The first-order valence-electron chi connectivity index (χ1n) is 3.59. The summed E-state index contributed by atoms with van der Waals surface area (Å²) in [7, 11) is 0. The minimum atomic E-state index is -0.214. The molecule has 58 valence electrons. The molecular weight excluding hydrogens is 128 g/mol. The molecule has 1 aliphatic heterocycles. The topological polar surface area (TPSA) is 29.6 Å². The highest BCUT2D eigenvalue weighted by Crippen LogP contribution is 2.51. The summed E-state index contributed by atoms with van der Waals surface area (Å²) in [6, 6.07) is 0. The molecule has 0 amide bonds. The molecule has 0 aromatic heterocycles. The van der Waals surface area contributed by atoms with Gasteiger partial charge in [0.2, 0.25) is 0 Å². The van der Waals surface area contributed by atoms with Gasteiger partial charge in [-0.1, -0.05) is 6.92 Å². The van der Waals surface area contributed by atoms with Gasteiger partial charge in [0.05, 0.1) is 5.60 Å². The highest BCUT2D eigenvalue weighted by molar-refractivity contribution is 5.57. The van der Waals surface area contributed by atoms with E-state index in [4.69, 9.17) is 4.74 Å². The summed E-state index contributed by atoms with van der Waals surface area (Å²) in [4.78, 5) is 10.4. The normalized spacial score (nSPS) is 38.8. The maximum atomic E-state index is 10.4. The van der Waals surface area contributed by atoms with Gasteiger partial charge in [-0.2, -0.15) is 0 Å². The number of ether oxygens (including phenoxy) is 1. The average molecular weight is 142 g/mol. The van der Waals surface area contributed by atoms with Crippen LogP contribution in [0, 0.1) is 5.92 Å². The Morgan fingerprint density at radius 2 is 1.80 bits per heavy atom. The summed E-state index contributed by atoms with van der Waals surface area (Å²) in [5.74, 6) is 0.00231. The monoisotopic (exact) mass is 142 g/mol. The average Bonchev–Trinajstić information content (AvgIpc) is 2.32. The molecule has 2 heteroatoms. The van der Waals surface area contributed by atoms with E-state index in [1.165, 1.54) is 0 Å². The lowest BCUT2D eigenvalue weighted by atomic mass is 9.87. The van der Waals surface area contributed by atoms with Crippen LogP contribution in [0.4, 0.5) is 0 Å². The Hall–Kier alpha value is -0.370. The quantitative estimate of drug-likeness (QED) is 0.430. The summed E-state index contributed by atoms with van der Waals surface area (Å²) in [5, 5.41) is 0. The van der Waals surface area contributed by atoms with Crippen LogP contribution in [0.1, 0.15) is 27.7 Å². The Kier molecular flexibility index (Phi) is 1.40. The van der Waals surface area contributed by atoms with Gasteiger partial charge in [-0.15, -0.1) is 0 Å². The number of hydrogen-bond donors (Lipinski definition) is 0. The lowest BCUT2D eigenvalue weighted by molar-refractivity contribution is -0.112. The Balaban J connectivity index is 2.67. The van der Waals surface area contributed by atoms with Gasteiger partial charge in [0.1, 0.15) is 11.9 Å². The zero-order chi connectivity index (χ0) is 7.99. The van der Waals surface area contributed by atoms with E-state index in [2.05, 4.69) is 0 Å². The number of aldehydes is 1. The van der Waals surface area contributed by atoms with Crippen LogP contribution in [-0.4, -0.2) is 17.5 Å². The zero-order valence-corrected chi connectivity index (χ0v) is 6.97. The van der Waals surface area contributed by atoms with Crippen LogP contribution in [0.15, 0.2) is 0 Å². The number of carbonyl (C=O) groups is 1. The Bertz CT molecular complexity index is 163. The molecule has 2 unspecified atom stereocenters. The molecule has 0 spiro atoms. The fourth-order valence-electron chi connectivity index (χ4n) is 1.28. The molecule has 0 radical (unpaired) electrons. The maximum Gasteiger partial charge on any atom is 0.125 e. The van der Waals surface area contributed by atoms with Crippen LogP contribution in [0.2, 0.25) is 0 Å².